The van der Waals surface area contributed by atoms with E-state index in [2.05, 4.69) is 11.0 Å². The zero-order valence-corrected chi connectivity index (χ0v) is 11.5. The first-order valence-electron chi connectivity index (χ1n) is 6.79. The Morgan fingerprint density at radius 3 is 2.79 bits per heavy atom. The second-order valence-corrected chi connectivity index (χ2v) is 5.15. The van der Waals surface area contributed by atoms with Crippen LogP contribution in [-0.2, 0) is 22.5 Å². The molecule has 19 heavy (non-hydrogen) atoms. The van der Waals surface area contributed by atoms with Gasteiger partial charge in [-0.3, -0.25) is 9.69 Å². The molecule has 1 aromatic carbocycles. The first kappa shape index (κ1) is 14.0. The number of carbonyl (C=O) groups is 1. The third-order valence-corrected chi connectivity index (χ3v) is 3.78. The van der Waals surface area contributed by atoms with E-state index >= 15 is 0 Å². The summed E-state index contributed by atoms with van der Waals surface area (Å²) in [6.45, 7) is 3.81. The molecule has 1 fully saturated rings. The number of rotatable bonds is 5. The predicted octanol–water partition coefficient (Wildman–Crippen LogP) is 1.18. The van der Waals surface area contributed by atoms with Gasteiger partial charge >= 0.3 is 5.97 Å². The summed E-state index contributed by atoms with van der Waals surface area (Å²) >= 11 is 0. The van der Waals surface area contributed by atoms with Crippen LogP contribution in [0.15, 0.2) is 24.3 Å². The van der Waals surface area contributed by atoms with Crippen LogP contribution in [0, 0.1) is 5.92 Å². The summed E-state index contributed by atoms with van der Waals surface area (Å²) in [5.74, 6) is 0.432. The standard InChI is InChI=1S/C15H22N2O2/c1-19-15(18)8-13-4-2-3-5-14(13)11-17-7-6-12(9-16)10-17/h2-5,12H,6-11,16H2,1H3. The molecule has 0 aliphatic carbocycles. The highest BCUT2D eigenvalue weighted by Crippen LogP contribution is 2.19. The SMILES string of the molecule is COC(=O)Cc1ccccc1CN1CCC(CN)C1. The Kier molecular flexibility index (Phi) is 4.93. The molecule has 0 spiro atoms. The predicted molar refractivity (Wildman–Crippen MR) is 74.6 cm³/mol. The van der Waals surface area contributed by atoms with Gasteiger partial charge in [0.15, 0.2) is 0 Å². The highest BCUT2D eigenvalue weighted by atomic mass is 16.5. The number of hydrogen-bond acceptors (Lipinski definition) is 4. The van der Waals surface area contributed by atoms with Crippen LogP contribution in [0.3, 0.4) is 0 Å². The summed E-state index contributed by atoms with van der Waals surface area (Å²) in [6.07, 6.45) is 1.52. The molecular weight excluding hydrogens is 240 g/mol. The summed E-state index contributed by atoms with van der Waals surface area (Å²) in [4.78, 5) is 13.8. The molecule has 1 aliphatic heterocycles. The molecule has 0 saturated carbocycles. The van der Waals surface area contributed by atoms with Gasteiger partial charge < -0.3 is 10.5 Å². The van der Waals surface area contributed by atoms with Crippen molar-refractivity contribution in [3.8, 4) is 0 Å². The maximum absolute atomic E-state index is 11.4. The quantitative estimate of drug-likeness (QED) is 0.810. The molecule has 2 N–H and O–H groups in total. The minimum absolute atomic E-state index is 0.186. The molecule has 4 nitrogen and oxygen atoms in total. The van der Waals surface area contributed by atoms with Gasteiger partial charge in [-0.1, -0.05) is 24.3 Å². The number of hydrogen-bond donors (Lipinski definition) is 1. The molecule has 1 saturated heterocycles. The lowest BCUT2D eigenvalue weighted by atomic mass is 10.0. The Morgan fingerprint density at radius 1 is 1.42 bits per heavy atom. The number of nitrogens with zero attached hydrogens (tertiary/aromatic N) is 1. The topological polar surface area (TPSA) is 55.6 Å². The van der Waals surface area contributed by atoms with E-state index in [4.69, 9.17) is 10.5 Å². The smallest absolute Gasteiger partial charge is 0.309 e. The van der Waals surface area contributed by atoms with Gasteiger partial charge in [0.25, 0.3) is 0 Å². The van der Waals surface area contributed by atoms with Crippen molar-refractivity contribution in [2.24, 2.45) is 11.7 Å². The fourth-order valence-corrected chi connectivity index (χ4v) is 2.60. The summed E-state index contributed by atoms with van der Waals surface area (Å²) < 4.78 is 4.74. The lowest BCUT2D eigenvalue weighted by molar-refractivity contribution is -0.139. The van der Waals surface area contributed by atoms with E-state index in [0.717, 1.165) is 31.7 Å². The van der Waals surface area contributed by atoms with Gasteiger partial charge in [0, 0.05) is 13.1 Å². The van der Waals surface area contributed by atoms with Gasteiger partial charge in [-0.05, 0) is 36.6 Å². The summed E-state index contributed by atoms with van der Waals surface area (Å²) in [5.41, 5.74) is 7.99. The molecule has 0 amide bonds. The third-order valence-electron chi connectivity index (χ3n) is 3.78. The van der Waals surface area contributed by atoms with Crippen LogP contribution in [0.2, 0.25) is 0 Å². The number of esters is 1. The van der Waals surface area contributed by atoms with Crippen LogP contribution < -0.4 is 5.73 Å². The Bertz CT molecular complexity index is 434. The molecule has 1 heterocycles. The van der Waals surface area contributed by atoms with Crippen LogP contribution >= 0.6 is 0 Å². The maximum atomic E-state index is 11.4. The monoisotopic (exact) mass is 262 g/mol. The molecule has 1 atom stereocenters. The minimum atomic E-state index is -0.186. The highest BCUT2D eigenvalue weighted by molar-refractivity contribution is 5.72. The Balaban J connectivity index is 2.01. The first-order valence-corrected chi connectivity index (χ1v) is 6.79. The van der Waals surface area contributed by atoms with Crippen molar-refractivity contribution in [3.05, 3.63) is 35.4 Å². The largest absolute Gasteiger partial charge is 0.469 e. The minimum Gasteiger partial charge on any atom is -0.469 e. The van der Waals surface area contributed by atoms with E-state index in [9.17, 15) is 4.79 Å². The summed E-state index contributed by atoms with van der Waals surface area (Å²) in [5, 5.41) is 0. The fraction of sp³-hybridized carbons (Fsp3) is 0.533. The second-order valence-electron chi connectivity index (χ2n) is 5.15. The molecule has 0 aromatic heterocycles. The van der Waals surface area contributed by atoms with Crippen molar-refractivity contribution in [2.45, 2.75) is 19.4 Å². The van der Waals surface area contributed by atoms with Gasteiger partial charge in [-0.2, -0.15) is 0 Å². The molecule has 104 valence electrons. The van der Waals surface area contributed by atoms with E-state index in [0.29, 0.717) is 12.3 Å². The van der Waals surface area contributed by atoms with Crippen molar-refractivity contribution >= 4 is 5.97 Å². The molecule has 1 aromatic rings. The molecule has 1 aliphatic rings. The van der Waals surface area contributed by atoms with Crippen molar-refractivity contribution in [1.29, 1.82) is 0 Å². The molecule has 0 bridgehead atoms. The van der Waals surface area contributed by atoms with Crippen LogP contribution in [0.1, 0.15) is 17.5 Å². The average molecular weight is 262 g/mol. The zero-order valence-electron chi connectivity index (χ0n) is 11.5. The highest BCUT2D eigenvalue weighted by Gasteiger charge is 2.21. The maximum Gasteiger partial charge on any atom is 0.309 e. The van der Waals surface area contributed by atoms with Crippen LogP contribution in [-0.4, -0.2) is 37.6 Å². The van der Waals surface area contributed by atoms with Crippen molar-refractivity contribution in [2.75, 3.05) is 26.7 Å². The number of methoxy groups -OCH3 is 1. The van der Waals surface area contributed by atoms with E-state index in [-0.39, 0.29) is 5.97 Å². The number of likely N-dealkylation sites (tertiary alicyclic amines) is 1. The molecule has 2 rings (SSSR count). The Hall–Kier alpha value is -1.39. The summed E-state index contributed by atoms with van der Waals surface area (Å²) in [6, 6.07) is 8.08. The molecule has 0 radical (unpaired) electrons. The van der Waals surface area contributed by atoms with E-state index in [1.54, 1.807) is 0 Å². The fourth-order valence-electron chi connectivity index (χ4n) is 2.60. The molecule has 4 heteroatoms. The summed E-state index contributed by atoms with van der Waals surface area (Å²) in [7, 11) is 1.43. The van der Waals surface area contributed by atoms with Crippen LogP contribution in [0.25, 0.3) is 0 Å². The number of carbonyl (C=O) groups excluding carboxylic acids is 1. The first-order chi connectivity index (χ1) is 9.22. The van der Waals surface area contributed by atoms with E-state index in [1.165, 1.54) is 19.1 Å². The van der Waals surface area contributed by atoms with Gasteiger partial charge in [-0.25, -0.2) is 0 Å². The average Bonchev–Trinajstić information content (AvgIpc) is 2.88. The molecular formula is C15H22N2O2. The van der Waals surface area contributed by atoms with Crippen molar-refractivity contribution < 1.29 is 9.53 Å². The number of benzene rings is 1. The van der Waals surface area contributed by atoms with Gasteiger partial charge in [-0.15, -0.1) is 0 Å². The third kappa shape index (κ3) is 3.78. The Labute approximate surface area is 114 Å². The van der Waals surface area contributed by atoms with Gasteiger partial charge in [0.05, 0.1) is 13.5 Å². The van der Waals surface area contributed by atoms with Crippen molar-refractivity contribution in [3.63, 3.8) is 0 Å². The van der Waals surface area contributed by atoms with Crippen LogP contribution in [0.4, 0.5) is 0 Å². The van der Waals surface area contributed by atoms with E-state index in [1.807, 2.05) is 18.2 Å². The number of ether oxygens (including phenoxy) is 1. The lowest BCUT2D eigenvalue weighted by Gasteiger charge is -2.18. The molecule has 1 unspecified atom stereocenters. The van der Waals surface area contributed by atoms with E-state index < -0.39 is 0 Å². The second kappa shape index (κ2) is 6.68. The zero-order chi connectivity index (χ0) is 13.7. The van der Waals surface area contributed by atoms with Crippen molar-refractivity contribution in [1.82, 2.24) is 4.90 Å². The Morgan fingerprint density at radius 2 is 2.16 bits per heavy atom. The number of nitrogens with two attached hydrogens (primary N) is 1. The van der Waals surface area contributed by atoms with Gasteiger partial charge in [0.2, 0.25) is 0 Å². The normalized spacial score (nSPS) is 19.6. The van der Waals surface area contributed by atoms with Gasteiger partial charge in [0.1, 0.15) is 0 Å². The lowest BCUT2D eigenvalue weighted by Crippen LogP contribution is -2.23. The van der Waals surface area contributed by atoms with Crippen LogP contribution in [0.5, 0.6) is 0 Å².